The highest BCUT2D eigenvalue weighted by molar-refractivity contribution is 5.93. The number of nitrogens with one attached hydrogen (secondary N) is 2. The van der Waals surface area contributed by atoms with E-state index in [-0.39, 0.29) is 12.1 Å². The fraction of sp³-hybridized carbons (Fsp3) is 0.111. The second-order valence-electron chi connectivity index (χ2n) is 5.77. The van der Waals surface area contributed by atoms with E-state index >= 15 is 0 Å². The number of aromatic nitrogens is 2. The summed E-state index contributed by atoms with van der Waals surface area (Å²) in [5, 5.41) is 5.56. The molecule has 0 unspecified atom stereocenters. The van der Waals surface area contributed by atoms with Gasteiger partial charge in [-0.1, -0.05) is 18.2 Å². The summed E-state index contributed by atoms with van der Waals surface area (Å²) >= 11 is 0. The molecule has 0 fully saturated rings. The molecule has 0 aliphatic rings. The van der Waals surface area contributed by atoms with Crippen LogP contribution < -0.4 is 21.9 Å². The van der Waals surface area contributed by atoms with Crippen LogP contribution in [-0.2, 0) is 11.3 Å². The first-order valence-electron chi connectivity index (χ1n) is 7.85. The van der Waals surface area contributed by atoms with Crippen molar-refractivity contribution in [2.24, 2.45) is 5.73 Å². The first-order chi connectivity index (χ1) is 12.4. The molecule has 0 aliphatic heterocycles. The molecule has 0 aliphatic carbocycles. The first kappa shape index (κ1) is 17.2. The monoisotopic (exact) mass is 351 g/mol. The van der Waals surface area contributed by atoms with E-state index < -0.39 is 11.9 Å². The highest BCUT2D eigenvalue weighted by Gasteiger charge is 2.10. The van der Waals surface area contributed by atoms with Crippen LogP contribution >= 0.6 is 0 Å². The van der Waals surface area contributed by atoms with Crippen molar-refractivity contribution < 1.29 is 9.59 Å². The summed E-state index contributed by atoms with van der Waals surface area (Å²) in [6, 6.07) is 11.2. The summed E-state index contributed by atoms with van der Waals surface area (Å²) < 4.78 is 1.25. The van der Waals surface area contributed by atoms with E-state index in [0.717, 1.165) is 5.56 Å². The highest BCUT2D eigenvalue weighted by Crippen LogP contribution is 2.15. The van der Waals surface area contributed by atoms with Gasteiger partial charge < -0.3 is 16.4 Å². The van der Waals surface area contributed by atoms with Crippen molar-refractivity contribution >= 4 is 34.2 Å². The number of benzene rings is 2. The standard InChI is InChI=1S/C18H17N5O3/c1-11-4-2-7-14-16(11)20-10-23(17(14)25)9-15(24)21-12-5-3-6-13(8-12)22-18(19)26/h2-8,10H,9H2,1H3,(H,21,24)(H3,19,22,26). The van der Waals surface area contributed by atoms with Gasteiger partial charge in [0.15, 0.2) is 0 Å². The number of amides is 3. The number of hydrogen-bond donors (Lipinski definition) is 3. The summed E-state index contributed by atoms with van der Waals surface area (Å²) in [4.78, 5) is 39.9. The smallest absolute Gasteiger partial charge is 0.316 e. The minimum atomic E-state index is -0.697. The lowest BCUT2D eigenvalue weighted by Crippen LogP contribution is -2.28. The van der Waals surface area contributed by atoms with E-state index in [2.05, 4.69) is 15.6 Å². The molecule has 1 heterocycles. The number of anilines is 2. The summed E-state index contributed by atoms with van der Waals surface area (Å²) in [6.07, 6.45) is 1.36. The molecule has 8 heteroatoms. The number of urea groups is 1. The lowest BCUT2D eigenvalue weighted by Gasteiger charge is -2.10. The third-order valence-electron chi connectivity index (χ3n) is 3.78. The zero-order valence-electron chi connectivity index (χ0n) is 14.0. The molecule has 3 rings (SSSR count). The zero-order valence-corrected chi connectivity index (χ0v) is 14.0. The lowest BCUT2D eigenvalue weighted by molar-refractivity contribution is -0.116. The molecular weight excluding hydrogens is 334 g/mol. The van der Waals surface area contributed by atoms with Gasteiger partial charge in [0, 0.05) is 11.4 Å². The van der Waals surface area contributed by atoms with Crippen molar-refractivity contribution in [3.63, 3.8) is 0 Å². The maximum absolute atomic E-state index is 12.5. The summed E-state index contributed by atoms with van der Waals surface area (Å²) in [6.45, 7) is 1.70. The van der Waals surface area contributed by atoms with Gasteiger partial charge in [0.25, 0.3) is 5.56 Å². The van der Waals surface area contributed by atoms with E-state index in [1.165, 1.54) is 10.9 Å². The van der Waals surface area contributed by atoms with Crippen LogP contribution in [0.4, 0.5) is 16.2 Å². The lowest BCUT2D eigenvalue weighted by atomic mass is 10.1. The van der Waals surface area contributed by atoms with E-state index in [1.807, 2.05) is 13.0 Å². The molecule has 1 aromatic heterocycles. The number of rotatable bonds is 4. The fourth-order valence-electron chi connectivity index (χ4n) is 2.62. The molecule has 0 atom stereocenters. The van der Waals surface area contributed by atoms with Crippen molar-refractivity contribution in [2.45, 2.75) is 13.5 Å². The molecule has 3 aromatic rings. The third-order valence-corrected chi connectivity index (χ3v) is 3.78. The van der Waals surface area contributed by atoms with Crippen molar-refractivity contribution in [3.05, 3.63) is 64.7 Å². The average molecular weight is 351 g/mol. The van der Waals surface area contributed by atoms with Crippen LogP contribution in [0.2, 0.25) is 0 Å². The minimum absolute atomic E-state index is 0.177. The largest absolute Gasteiger partial charge is 0.351 e. The maximum Gasteiger partial charge on any atom is 0.316 e. The number of carbonyl (C=O) groups is 2. The van der Waals surface area contributed by atoms with Gasteiger partial charge in [0.1, 0.15) is 6.54 Å². The van der Waals surface area contributed by atoms with Gasteiger partial charge in [-0.05, 0) is 36.8 Å². The van der Waals surface area contributed by atoms with Gasteiger partial charge in [-0.25, -0.2) is 9.78 Å². The summed E-state index contributed by atoms with van der Waals surface area (Å²) in [5.41, 5.74) is 7.24. The van der Waals surface area contributed by atoms with Gasteiger partial charge in [-0.15, -0.1) is 0 Å². The van der Waals surface area contributed by atoms with Crippen molar-refractivity contribution in [1.29, 1.82) is 0 Å². The number of fused-ring (bicyclic) bond motifs is 1. The van der Waals surface area contributed by atoms with Crippen molar-refractivity contribution in [3.8, 4) is 0 Å². The molecule has 0 saturated carbocycles. The molecule has 0 saturated heterocycles. The van der Waals surface area contributed by atoms with Gasteiger partial charge in [0.2, 0.25) is 5.91 Å². The molecule has 0 bridgehead atoms. The zero-order chi connectivity index (χ0) is 18.7. The number of carbonyl (C=O) groups excluding carboxylic acids is 2. The van der Waals surface area contributed by atoms with Gasteiger partial charge in [-0.2, -0.15) is 0 Å². The van der Waals surface area contributed by atoms with Crippen LogP contribution in [0.15, 0.2) is 53.6 Å². The molecular formula is C18H17N5O3. The summed E-state index contributed by atoms with van der Waals surface area (Å²) in [5.74, 6) is -0.392. The maximum atomic E-state index is 12.5. The van der Waals surface area contributed by atoms with Crippen LogP contribution in [0.3, 0.4) is 0 Å². The van der Waals surface area contributed by atoms with Gasteiger partial charge >= 0.3 is 6.03 Å². The van der Waals surface area contributed by atoms with Crippen LogP contribution in [0.25, 0.3) is 10.9 Å². The Morgan fingerprint density at radius 2 is 1.81 bits per heavy atom. The number of para-hydroxylation sites is 1. The van der Waals surface area contributed by atoms with Crippen LogP contribution in [0.1, 0.15) is 5.56 Å². The Balaban J connectivity index is 1.78. The molecule has 0 radical (unpaired) electrons. The van der Waals surface area contributed by atoms with Gasteiger partial charge in [0.05, 0.1) is 17.2 Å². The Kier molecular flexibility index (Phi) is 4.66. The SMILES string of the molecule is Cc1cccc2c(=O)n(CC(=O)Nc3cccc(NC(N)=O)c3)cnc12. The Morgan fingerprint density at radius 1 is 1.12 bits per heavy atom. The minimum Gasteiger partial charge on any atom is -0.351 e. The predicted octanol–water partition coefficient (Wildman–Crippen LogP) is 1.83. The van der Waals surface area contributed by atoms with Crippen LogP contribution in [-0.4, -0.2) is 21.5 Å². The van der Waals surface area contributed by atoms with E-state index in [9.17, 15) is 14.4 Å². The topological polar surface area (TPSA) is 119 Å². The number of hydrogen-bond acceptors (Lipinski definition) is 4. The van der Waals surface area contributed by atoms with E-state index in [0.29, 0.717) is 22.3 Å². The second kappa shape index (κ2) is 7.06. The second-order valence-corrected chi connectivity index (χ2v) is 5.77. The molecule has 8 nitrogen and oxygen atoms in total. The molecule has 26 heavy (non-hydrogen) atoms. The number of nitrogens with zero attached hydrogens (tertiary/aromatic N) is 2. The third kappa shape index (κ3) is 3.69. The molecule has 3 amide bonds. The van der Waals surface area contributed by atoms with Crippen LogP contribution in [0.5, 0.6) is 0 Å². The fourth-order valence-corrected chi connectivity index (χ4v) is 2.62. The molecule has 0 spiro atoms. The van der Waals surface area contributed by atoms with E-state index in [4.69, 9.17) is 5.73 Å². The average Bonchev–Trinajstić information content (AvgIpc) is 2.57. The van der Waals surface area contributed by atoms with Crippen molar-refractivity contribution in [2.75, 3.05) is 10.6 Å². The molecule has 132 valence electrons. The van der Waals surface area contributed by atoms with Crippen LogP contribution in [0, 0.1) is 6.92 Å². The summed E-state index contributed by atoms with van der Waals surface area (Å²) in [7, 11) is 0. The Hall–Kier alpha value is -3.68. The number of nitrogens with two attached hydrogens (primary N) is 1. The normalized spacial score (nSPS) is 10.5. The Morgan fingerprint density at radius 3 is 2.54 bits per heavy atom. The number of primary amides is 1. The van der Waals surface area contributed by atoms with Crippen molar-refractivity contribution in [1.82, 2.24) is 9.55 Å². The quantitative estimate of drug-likeness (QED) is 0.664. The Bertz CT molecular complexity index is 1060. The number of aryl methyl sites for hydroxylation is 1. The molecule has 2 aromatic carbocycles. The highest BCUT2D eigenvalue weighted by atomic mass is 16.2. The Labute approximate surface area is 148 Å². The predicted molar refractivity (Wildman–Crippen MR) is 99.0 cm³/mol. The first-order valence-corrected chi connectivity index (χ1v) is 7.85. The van der Waals surface area contributed by atoms with E-state index in [1.54, 1.807) is 36.4 Å². The molecule has 4 N–H and O–H groups in total. The van der Waals surface area contributed by atoms with Gasteiger partial charge in [-0.3, -0.25) is 14.2 Å².